The summed E-state index contributed by atoms with van der Waals surface area (Å²) in [4.78, 5) is 0. The molecular weight excluding hydrogens is 445 g/mol. The van der Waals surface area contributed by atoms with Gasteiger partial charge in [0.05, 0.1) is 25.9 Å². The van der Waals surface area contributed by atoms with Gasteiger partial charge in [-0.3, -0.25) is 9.29 Å². The van der Waals surface area contributed by atoms with Gasteiger partial charge in [-0.25, -0.2) is 4.39 Å². The lowest BCUT2D eigenvalue weighted by Crippen LogP contribution is -2.11. The molecule has 1 fully saturated rings. The minimum absolute atomic E-state index is 0.176. The first kappa shape index (κ1) is 22.9. The summed E-state index contributed by atoms with van der Waals surface area (Å²) in [7, 11) is 3.21. The van der Waals surface area contributed by atoms with Gasteiger partial charge in [-0.05, 0) is 61.0 Å². The average Bonchev–Trinajstić information content (AvgIpc) is 3.51. The first-order chi connectivity index (χ1) is 16.2. The van der Waals surface area contributed by atoms with E-state index in [1.165, 1.54) is 24.1 Å². The Hall–Kier alpha value is -3.29. The number of anilines is 1. The minimum Gasteiger partial charge on any atom is -0.494 e. The van der Waals surface area contributed by atoms with Crippen LogP contribution in [0.1, 0.15) is 35.9 Å². The van der Waals surface area contributed by atoms with E-state index < -0.39 is 5.82 Å². The molecule has 1 atom stereocenters. The van der Waals surface area contributed by atoms with E-state index in [2.05, 4.69) is 14.9 Å². The summed E-state index contributed by atoms with van der Waals surface area (Å²) in [6.07, 6.45) is 2.22. The number of halogens is 1. The summed E-state index contributed by atoms with van der Waals surface area (Å²) < 4.78 is 35.6. The van der Waals surface area contributed by atoms with Crippen LogP contribution in [0.15, 0.2) is 36.4 Å². The Kier molecular flexibility index (Phi) is 7.32. The summed E-state index contributed by atoms with van der Waals surface area (Å²) in [6.45, 7) is 0.678. The lowest BCUT2D eigenvalue weighted by Gasteiger charge is -2.19. The van der Waals surface area contributed by atoms with Crippen LogP contribution in [0.2, 0.25) is 0 Å². The van der Waals surface area contributed by atoms with Gasteiger partial charge in [-0.2, -0.15) is 5.26 Å². The number of ether oxygens (including phenoxy) is 3. The third-order valence-electron chi connectivity index (χ3n) is 5.36. The topological polar surface area (TPSA) is 94.2 Å². The van der Waals surface area contributed by atoms with E-state index in [0.717, 1.165) is 18.4 Å². The van der Waals surface area contributed by atoms with E-state index >= 15 is 0 Å². The van der Waals surface area contributed by atoms with Crippen LogP contribution >= 0.6 is 11.9 Å². The number of para-hydroxylation sites is 1. The number of aromatic nitrogens is 3. The van der Waals surface area contributed by atoms with Gasteiger partial charge >= 0.3 is 0 Å². The minimum atomic E-state index is -0.415. The molecule has 2 heterocycles. The van der Waals surface area contributed by atoms with Crippen molar-refractivity contribution in [1.82, 2.24) is 14.8 Å². The zero-order chi connectivity index (χ0) is 23.2. The van der Waals surface area contributed by atoms with E-state index in [0.29, 0.717) is 53.3 Å². The van der Waals surface area contributed by atoms with Crippen LogP contribution in [0, 0.1) is 17.1 Å². The normalized spacial score (nSPS) is 15.3. The molecule has 0 spiro atoms. The first-order valence-corrected chi connectivity index (χ1v) is 11.5. The van der Waals surface area contributed by atoms with Crippen LogP contribution in [-0.2, 0) is 11.2 Å². The summed E-state index contributed by atoms with van der Waals surface area (Å²) >= 11 is 1.42. The average molecular weight is 470 g/mol. The SMILES string of the molecule is COc1cccc(OC)c1-n1c(NSCCc2ccc(F)cc2C#N)nnc1C1CCCO1. The summed E-state index contributed by atoms with van der Waals surface area (Å²) in [6, 6.07) is 11.9. The zero-order valence-corrected chi connectivity index (χ0v) is 19.2. The van der Waals surface area contributed by atoms with Gasteiger partial charge in [0.25, 0.3) is 0 Å². The number of aryl methyl sites for hydroxylation is 1. The fraction of sp³-hybridized carbons (Fsp3) is 0.348. The van der Waals surface area contributed by atoms with Crippen molar-refractivity contribution in [3.8, 4) is 23.3 Å². The molecule has 33 heavy (non-hydrogen) atoms. The Balaban J connectivity index is 1.59. The maximum atomic E-state index is 13.4. The lowest BCUT2D eigenvalue weighted by atomic mass is 10.1. The molecule has 3 aromatic rings. The fourth-order valence-electron chi connectivity index (χ4n) is 3.77. The number of rotatable bonds is 9. The number of nitrogens with one attached hydrogen (secondary N) is 1. The van der Waals surface area contributed by atoms with Crippen molar-refractivity contribution in [2.24, 2.45) is 0 Å². The van der Waals surface area contributed by atoms with Gasteiger partial charge in [0.15, 0.2) is 5.82 Å². The summed E-state index contributed by atoms with van der Waals surface area (Å²) in [5.74, 6) is 2.63. The van der Waals surface area contributed by atoms with E-state index in [1.807, 2.05) is 28.8 Å². The van der Waals surface area contributed by atoms with Crippen molar-refractivity contribution in [1.29, 1.82) is 5.26 Å². The first-order valence-electron chi connectivity index (χ1n) is 10.5. The molecule has 0 saturated carbocycles. The quantitative estimate of drug-likeness (QED) is 0.363. The molecule has 2 aromatic carbocycles. The molecule has 1 unspecified atom stereocenters. The molecular formula is C23H24FN5O3S. The molecule has 172 valence electrons. The monoisotopic (exact) mass is 469 g/mol. The molecule has 1 aliphatic heterocycles. The highest BCUT2D eigenvalue weighted by atomic mass is 32.2. The van der Waals surface area contributed by atoms with Crippen molar-refractivity contribution in [2.45, 2.75) is 25.4 Å². The number of nitriles is 1. The predicted molar refractivity (Wildman–Crippen MR) is 123 cm³/mol. The van der Waals surface area contributed by atoms with Gasteiger partial charge in [-0.15, -0.1) is 10.2 Å². The van der Waals surface area contributed by atoms with Crippen LogP contribution in [0.25, 0.3) is 5.69 Å². The molecule has 8 nitrogen and oxygen atoms in total. The molecule has 4 rings (SSSR count). The number of hydrogen-bond acceptors (Lipinski definition) is 8. The Morgan fingerprint density at radius 3 is 2.70 bits per heavy atom. The van der Waals surface area contributed by atoms with Gasteiger partial charge < -0.3 is 14.2 Å². The second-order valence-corrected chi connectivity index (χ2v) is 8.24. The maximum absolute atomic E-state index is 13.4. The molecule has 0 aliphatic carbocycles. The summed E-state index contributed by atoms with van der Waals surface area (Å²) in [5, 5.41) is 18.0. The molecule has 10 heteroatoms. The largest absolute Gasteiger partial charge is 0.494 e. The smallest absolute Gasteiger partial charge is 0.239 e. The van der Waals surface area contributed by atoms with Crippen LogP contribution < -0.4 is 14.2 Å². The van der Waals surface area contributed by atoms with Crippen molar-refractivity contribution >= 4 is 17.9 Å². The molecule has 1 saturated heterocycles. The maximum Gasteiger partial charge on any atom is 0.239 e. The standard InChI is InChI=1S/C23H24FN5O3S/c1-30-18-5-3-6-19(31-2)21(18)29-22(20-7-4-11-32-20)26-27-23(29)28-33-12-10-15-8-9-17(24)13-16(15)14-25/h3,5-6,8-9,13,20H,4,7,10-12H2,1-2H3,(H,27,28). The van der Waals surface area contributed by atoms with Gasteiger partial charge in [0, 0.05) is 12.4 Å². The predicted octanol–water partition coefficient (Wildman–Crippen LogP) is 4.45. The second-order valence-electron chi connectivity index (χ2n) is 7.34. The highest BCUT2D eigenvalue weighted by Crippen LogP contribution is 2.39. The van der Waals surface area contributed by atoms with Crippen LogP contribution in [0.3, 0.4) is 0 Å². The van der Waals surface area contributed by atoms with Crippen molar-refractivity contribution in [3.05, 3.63) is 59.2 Å². The van der Waals surface area contributed by atoms with Crippen molar-refractivity contribution in [3.63, 3.8) is 0 Å². The van der Waals surface area contributed by atoms with Crippen molar-refractivity contribution < 1.29 is 18.6 Å². The highest BCUT2D eigenvalue weighted by molar-refractivity contribution is 8.00. The molecule has 0 amide bonds. The van der Waals surface area contributed by atoms with Gasteiger partial charge in [0.2, 0.25) is 5.95 Å². The highest BCUT2D eigenvalue weighted by Gasteiger charge is 2.29. The second kappa shape index (κ2) is 10.6. The Bertz CT molecular complexity index is 1140. The molecule has 0 radical (unpaired) electrons. The van der Waals surface area contributed by atoms with E-state index in [-0.39, 0.29) is 6.10 Å². The molecule has 0 bridgehead atoms. The number of methoxy groups -OCH3 is 2. The van der Waals surface area contributed by atoms with E-state index in [4.69, 9.17) is 14.2 Å². The molecule has 1 aliphatic rings. The fourth-order valence-corrected chi connectivity index (χ4v) is 4.46. The Labute approximate surface area is 195 Å². The van der Waals surface area contributed by atoms with Gasteiger partial charge in [-0.1, -0.05) is 12.1 Å². The summed E-state index contributed by atoms with van der Waals surface area (Å²) in [5.41, 5.74) is 1.82. The van der Waals surface area contributed by atoms with Crippen LogP contribution in [-0.4, -0.2) is 41.3 Å². The van der Waals surface area contributed by atoms with Gasteiger partial charge in [0.1, 0.15) is 29.1 Å². The Morgan fingerprint density at radius 1 is 1.24 bits per heavy atom. The number of benzene rings is 2. The zero-order valence-electron chi connectivity index (χ0n) is 18.4. The molecule has 1 aromatic heterocycles. The lowest BCUT2D eigenvalue weighted by molar-refractivity contribution is 0.103. The third-order valence-corrected chi connectivity index (χ3v) is 6.10. The number of nitrogens with zero attached hydrogens (tertiary/aromatic N) is 4. The van der Waals surface area contributed by atoms with Crippen molar-refractivity contribution in [2.75, 3.05) is 31.3 Å². The third kappa shape index (κ3) is 4.89. The Morgan fingerprint density at radius 2 is 2.03 bits per heavy atom. The van der Waals surface area contributed by atoms with E-state index in [9.17, 15) is 9.65 Å². The van der Waals surface area contributed by atoms with Crippen LogP contribution in [0.5, 0.6) is 11.5 Å². The van der Waals surface area contributed by atoms with E-state index in [1.54, 1.807) is 20.3 Å². The van der Waals surface area contributed by atoms with Crippen LogP contribution in [0.4, 0.5) is 10.3 Å². The molecule has 1 N–H and O–H groups in total. The number of hydrogen-bond donors (Lipinski definition) is 1.